The van der Waals surface area contributed by atoms with E-state index in [-0.39, 0.29) is 0 Å². The molecule has 1 fully saturated rings. The highest BCUT2D eigenvalue weighted by atomic mass is 16.5. The average molecular weight is 249 g/mol. The van der Waals surface area contributed by atoms with Crippen molar-refractivity contribution in [3.8, 4) is 0 Å². The molecule has 18 heavy (non-hydrogen) atoms. The van der Waals surface area contributed by atoms with Gasteiger partial charge in [0.1, 0.15) is 0 Å². The number of nitrogen functional groups attached to an aromatic ring is 1. The van der Waals surface area contributed by atoms with Gasteiger partial charge in [-0.1, -0.05) is 0 Å². The van der Waals surface area contributed by atoms with Crippen molar-refractivity contribution in [2.24, 2.45) is 0 Å². The van der Waals surface area contributed by atoms with Gasteiger partial charge in [0.25, 0.3) is 0 Å². The molecule has 2 rings (SSSR count). The zero-order valence-electron chi connectivity index (χ0n) is 11.4. The summed E-state index contributed by atoms with van der Waals surface area (Å²) < 4.78 is 5.37. The first-order valence-electron chi connectivity index (χ1n) is 6.73. The Hall–Kier alpha value is -1.42. The SMILES string of the molecule is CCN(CC)c1ccc(N2CCOCC2)c(N)c1. The van der Waals surface area contributed by atoms with Crippen LogP contribution in [0, 0.1) is 0 Å². The molecule has 2 N–H and O–H groups in total. The highest BCUT2D eigenvalue weighted by Crippen LogP contribution is 2.28. The van der Waals surface area contributed by atoms with E-state index in [9.17, 15) is 0 Å². The first-order valence-corrected chi connectivity index (χ1v) is 6.73. The molecule has 1 heterocycles. The van der Waals surface area contributed by atoms with Gasteiger partial charge in [-0.15, -0.1) is 0 Å². The van der Waals surface area contributed by atoms with Gasteiger partial charge in [0, 0.05) is 31.9 Å². The van der Waals surface area contributed by atoms with Crippen LogP contribution in [0.3, 0.4) is 0 Å². The van der Waals surface area contributed by atoms with Crippen LogP contribution in [0.25, 0.3) is 0 Å². The number of ether oxygens (including phenoxy) is 1. The molecular formula is C14H23N3O. The van der Waals surface area contributed by atoms with Crippen LogP contribution in [0.4, 0.5) is 17.1 Å². The minimum atomic E-state index is 0.789. The summed E-state index contributed by atoms with van der Waals surface area (Å²) in [6.07, 6.45) is 0. The van der Waals surface area contributed by atoms with Crippen LogP contribution < -0.4 is 15.5 Å². The fourth-order valence-electron chi connectivity index (χ4n) is 2.42. The van der Waals surface area contributed by atoms with Gasteiger partial charge in [-0.3, -0.25) is 0 Å². The first kappa shape index (κ1) is 13.0. The summed E-state index contributed by atoms with van der Waals surface area (Å²) in [4.78, 5) is 4.60. The Morgan fingerprint density at radius 2 is 1.89 bits per heavy atom. The number of hydrogen-bond donors (Lipinski definition) is 1. The van der Waals surface area contributed by atoms with Crippen LogP contribution in [-0.4, -0.2) is 39.4 Å². The summed E-state index contributed by atoms with van der Waals surface area (Å²) in [7, 11) is 0. The minimum absolute atomic E-state index is 0.789. The quantitative estimate of drug-likeness (QED) is 0.828. The van der Waals surface area contributed by atoms with E-state index in [1.807, 2.05) is 0 Å². The van der Waals surface area contributed by atoms with E-state index >= 15 is 0 Å². The van der Waals surface area contributed by atoms with E-state index in [0.29, 0.717) is 0 Å². The van der Waals surface area contributed by atoms with Crippen molar-refractivity contribution in [2.45, 2.75) is 13.8 Å². The van der Waals surface area contributed by atoms with Gasteiger partial charge in [0.15, 0.2) is 0 Å². The summed E-state index contributed by atoms with van der Waals surface area (Å²) in [5.41, 5.74) is 9.39. The third kappa shape index (κ3) is 2.70. The fraction of sp³-hybridized carbons (Fsp3) is 0.571. The third-order valence-corrected chi connectivity index (χ3v) is 3.49. The van der Waals surface area contributed by atoms with E-state index in [1.54, 1.807) is 0 Å². The van der Waals surface area contributed by atoms with Gasteiger partial charge >= 0.3 is 0 Å². The van der Waals surface area contributed by atoms with Crippen LogP contribution in [-0.2, 0) is 4.74 Å². The number of rotatable bonds is 4. The lowest BCUT2D eigenvalue weighted by Gasteiger charge is -2.30. The number of anilines is 3. The highest BCUT2D eigenvalue weighted by molar-refractivity contribution is 5.73. The molecule has 0 unspecified atom stereocenters. The molecule has 100 valence electrons. The molecule has 1 aliphatic heterocycles. The number of benzene rings is 1. The summed E-state index contributed by atoms with van der Waals surface area (Å²) in [5, 5.41) is 0. The number of nitrogens with two attached hydrogens (primary N) is 1. The van der Waals surface area contributed by atoms with Crippen LogP contribution in [0.5, 0.6) is 0 Å². The van der Waals surface area contributed by atoms with Crippen molar-refractivity contribution in [1.29, 1.82) is 0 Å². The lowest BCUT2D eigenvalue weighted by Crippen LogP contribution is -2.36. The van der Waals surface area contributed by atoms with E-state index in [2.05, 4.69) is 41.8 Å². The van der Waals surface area contributed by atoms with Gasteiger partial charge < -0.3 is 20.3 Å². The minimum Gasteiger partial charge on any atom is -0.397 e. The van der Waals surface area contributed by atoms with Crippen LogP contribution in [0.15, 0.2) is 18.2 Å². The highest BCUT2D eigenvalue weighted by Gasteiger charge is 2.14. The average Bonchev–Trinajstić information content (AvgIpc) is 2.41. The van der Waals surface area contributed by atoms with Crippen molar-refractivity contribution in [2.75, 3.05) is 54.9 Å². The molecule has 0 aromatic heterocycles. The molecule has 0 amide bonds. The van der Waals surface area contributed by atoms with Crippen LogP contribution >= 0.6 is 0 Å². The zero-order valence-corrected chi connectivity index (χ0v) is 11.4. The van der Waals surface area contributed by atoms with E-state index in [0.717, 1.165) is 50.8 Å². The van der Waals surface area contributed by atoms with E-state index < -0.39 is 0 Å². The number of nitrogens with zero attached hydrogens (tertiary/aromatic N) is 2. The molecule has 1 aliphatic rings. The molecule has 0 atom stereocenters. The van der Waals surface area contributed by atoms with E-state index in [1.165, 1.54) is 5.69 Å². The Morgan fingerprint density at radius 1 is 1.22 bits per heavy atom. The van der Waals surface area contributed by atoms with Gasteiger partial charge in [-0.05, 0) is 32.0 Å². The van der Waals surface area contributed by atoms with Crippen molar-refractivity contribution < 1.29 is 4.74 Å². The summed E-state index contributed by atoms with van der Waals surface area (Å²) in [6.45, 7) is 9.77. The Morgan fingerprint density at radius 3 is 2.44 bits per heavy atom. The van der Waals surface area contributed by atoms with Crippen molar-refractivity contribution in [1.82, 2.24) is 0 Å². The van der Waals surface area contributed by atoms with Crippen LogP contribution in [0.1, 0.15) is 13.8 Å². The van der Waals surface area contributed by atoms with E-state index in [4.69, 9.17) is 10.5 Å². The maximum atomic E-state index is 6.19. The molecule has 0 radical (unpaired) electrons. The molecule has 0 spiro atoms. The molecule has 1 aromatic rings. The second-order valence-corrected chi connectivity index (χ2v) is 4.51. The van der Waals surface area contributed by atoms with Crippen molar-refractivity contribution >= 4 is 17.1 Å². The topological polar surface area (TPSA) is 41.7 Å². The Balaban J connectivity index is 2.18. The predicted octanol–water partition coefficient (Wildman–Crippen LogP) is 1.95. The van der Waals surface area contributed by atoms with Crippen molar-refractivity contribution in [3.63, 3.8) is 0 Å². The Labute approximate surface area is 109 Å². The van der Waals surface area contributed by atoms with Gasteiger partial charge in [0.05, 0.1) is 24.6 Å². The number of morpholine rings is 1. The second kappa shape index (κ2) is 5.96. The summed E-state index contributed by atoms with van der Waals surface area (Å²) in [5.74, 6) is 0. The first-order chi connectivity index (χ1) is 8.76. The molecule has 0 saturated carbocycles. The third-order valence-electron chi connectivity index (χ3n) is 3.49. The lowest BCUT2D eigenvalue weighted by atomic mass is 10.2. The molecule has 0 bridgehead atoms. The predicted molar refractivity (Wildman–Crippen MR) is 77.4 cm³/mol. The largest absolute Gasteiger partial charge is 0.397 e. The normalized spacial score (nSPS) is 15.8. The zero-order chi connectivity index (χ0) is 13.0. The monoisotopic (exact) mass is 249 g/mol. The molecule has 4 nitrogen and oxygen atoms in total. The standard InChI is InChI=1S/C14H23N3O/c1-3-16(4-2)12-5-6-14(13(15)11-12)17-7-9-18-10-8-17/h5-6,11H,3-4,7-10,15H2,1-2H3. The fourth-order valence-corrected chi connectivity index (χ4v) is 2.42. The molecule has 4 heteroatoms. The molecule has 0 aliphatic carbocycles. The maximum absolute atomic E-state index is 6.19. The molecule has 1 aromatic carbocycles. The van der Waals surface area contributed by atoms with Gasteiger partial charge in [-0.2, -0.15) is 0 Å². The maximum Gasteiger partial charge on any atom is 0.0642 e. The van der Waals surface area contributed by atoms with Crippen LogP contribution in [0.2, 0.25) is 0 Å². The summed E-state index contributed by atoms with van der Waals surface area (Å²) in [6, 6.07) is 6.38. The lowest BCUT2D eigenvalue weighted by molar-refractivity contribution is 0.123. The summed E-state index contributed by atoms with van der Waals surface area (Å²) >= 11 is 0. The molecule has 1 saturated heterocycles. The van der Waals surface area contributed by atoms with Gasteiger partial charge in [-0.25, -0.2) is 0 Å². The molecular weight excluding hydrogens is 226 g/mol. The van der Waals surface area contributed by atoms with Crippen molar-refractivity contribution in [3.05, 3.63) is 18.2 Å². The number of hydrogen-bond acceptors (Lipinski definition) is 4. The van der Waals surface area contributed by atoms with Gasteiger partial charge in [0.2, 0.25) is 0 Å². The Bertz CT molecular complexity index is 385. The Kier molecular flexibility index (Phi) is 4.31. The second-order valence-electron chi connectivity index (χ2n) is 4.51. The smallest absolute Gasteiger partial charge is 0.0642 e.